The lowest BCUT2D eigenvalue weighted by Gasteiger charge is -2.13. The Bertz CT molecular complexity index is 1230. The number of nitrogens with zero attached hydrogens (tertiary/aromatic N) is 2. The topological polar surface area (TPSA) is 56.1 Å². The largest absolute Gasteiger partial charge is 0.491 e. The predicted octanol–water partition coefficient (Wildman–Crippen LogP) is 4.84. The van der Waals surface area contributed by atoms with Crippen molar-refractivity contribution in [3.05, 3.63) is 95.1 Å². The molecule has 1 amide bonds. The number of amides is 1. The molecule has 1 aromatic heterocycles. The number of hydrogen-bond donors (Lipinski definition) is 1. The zero-order valence-electron chi connectivity index (χ0n) is 18.3. The second-order valence-corrected chi connectivity index (χ2v) is 7.73. The van der Waals surface area contributed by atoms with Crippen LogP contribution in [0.15, 0.2) is 66.7 Å². The van der Waals surface area contributed by atoms with E-state index in [0.29, 0.717) is 31.7 Å². The average molecular weight is 432 g/mol. The van der Waals surface area contributed by atoms with Gasteiger partial charge in [0.15, 0.2) is 0 Å². The summed E-state index contributed by atoms with van der Waals surface area (Å²) in [6, 6.07) is 19.6. The minimum absolute atomic E-state index is 0.231. The van der Waals surface area contributed by atoms with E-state index in [0.717, 1.165) is 28.2 Å². The van der Waals surface area contributed by atoms with Gasteiger partial charge in [-0.05, 0) is 67.4 Å². The van der Waals surface area contributed by atoms with Crippen LogP contribution in [0.3, 0.4) is 0 Å². The summed E-state index contributed by atoms with van der Waals surface area (Å²) >= 11 is 0. The normalized spacial score (nSPS) is 11.0. The fourth-order valence-electron chi connectivity index (χ4n) is 3.68. The number of halogens is 1. The fourth-order valence-corrected chi connectivity index (χ4v) is 3.68. The first-order chi connectivity index (χ1) is 15.5. The summed E-state index contributed by atoms with van der Waals surface area (Å²) in [5, 5.41) is 2.89. The van der Waals surface area contributed by atoms with Gasteiger partial charge in [-0.1, -0.05) is 24.3 Å². The van der Waals surface area contributed by atoms with Crippen molar-refractivity contribution in [2.24, 2.45) is 0 Å². The lowest BCUT2D eigenvalue weighted by Crippen LogP contribution is -2.26. The van der Waals surface area contributed by atoms with Gasteiger partial charge < -0.3 is 14.6 Å². The van der Waals surface area contributed by atoms with Crippen molar-refractivity contribution in [2.45, 2.75) is 26.8 Å². The number of rotatable bonds is 8. The summed E-state index contributed by atoms with van der Waals surface area (Å²) in [6.07, 6.45) is 0.574. The first kappa shape index (κ1) is 21.6. The number of carbonyl (C=O) groups excluding carboxylic acids is 1. The Hall–Kier alpha value is -3.67. The zero-order chi connectivity index (χ0) is 22.5. The third-order valence-electron chi connectivity index (χ3n) is 5.60. The van der Waals surface area contributed by atoms with Crippen molar-refractivity contribution in [1.82, 2.24) is 14.9 Å². The molecule has 0 unspecified atom stereocenters. The quantitative estimate of drug-likeness (QED) is 0.434. The molecule has 5 nitrogen and oxygen atoms in total. The van der Waals surface area contributed by atoms with Crippen LogP contribution in [0.25, 0.3) is 11.0 Å². The van der Waals surface area contributed by atoms with E-state index in [4.69, 9.17) is 9.72 Å². The number of hydrogen-bond acceptors (Lipinski definition) is 3. The molecule has 1 heterocycles. The van der Waals surface area contributed by atoms with E-state index in [1.165, 1.54) is 29.8 Å². The molecule has 32 heavy (non-hydrogen) atoms. The fraction of sp³-hybridized carbons (Fsp3) is 0.231. The maximum Gasteiger partial charge on any atom is 0.251 e. The monoisotopic (exact) mass is 431 g/mol. The van der Waals surface area contributed by atoms with Gasteiger partial charge in [0.1, 0.15) is 24.0 Å². The maximum atomic E-state index is 13.1. The van der Waals surface area contributed by atoms with Crippen molar-refractivity contribution < 1.29 is 13.9 Å². The van der Waals surface area contributed by atoms with Crippen LogP contribution in [0, 0.1) is 19.7 Å². The summed E-state index contributed by atoms with van der Waals surface area (Å²) in [4.78, 5) is 17.1. The van der Waals surface area contributed by atoms with Gasteiger partial charge in [-0.2, -0.15) is 0 Å². The SMILES string of the molecule is Cc1cccc(OCCn2c(CCNC(=O)c3ccc(F)cc3)nc3ccccc32)c1C. The van der Waals surface area contributed by atoms with E-state index in [1.807, 2.05) is 36.4 Å². The first-order valence-electron chi connectivity index (χ1n) is 10.7. The highest BCUT2D eigenvalue weighted by Gasteiger charge is 2.12. The molecular weight excluding hydrogens is 405 g/mol. The molecule has 6 heteroatoms. The first-order valence-corrected chi connectivity index (χ1v) is 10.7. The highest BCUT2D eigenvalue weighted by molar-refractivity contribution is 5.94. The summed E-state index contributed by atoms with van der Waals surface area (Å²) in [6.45, 7) is 5.72. The van der Waals surface area contributed by atoms with Crippen molar-refractivity contribution in [3.63, 3.8) is 0 Å². The van der Waals surface area contributed by atoms with Crippen LogP contribution in [0.1, 0.15) is 27.3 Å². The molecule has 0 aliphatic heterocycles. The third kappa shape index (κ3) is 4.80. The summed E-state index contributed by atoms with van der Waals surface area (Å²) < 4.78 is 21.3. The molecule has 0 aliphatic rings. The van der Waals surface area contributed by atoms with Gasteiger partial charge in [-0.25, -0.2) is 9.37 Å². The molecule has 0 saturated carbocycles. The van der Waals surface area contributed by atoms with E-state index in [9.17, 15) is 9.18 Å². The number of nitrogens with one attached hydrogen (secondary N) is 1. The van der Waals surface area contributed by atoms with Gasteiger partial charge in [0.05, 0.1) is 17.6 Å². The number of imidazole rings is 1. The van der Waals surface area contributed by atoms with Gasteiger partial charge in [-0.3, -0.25) is 4.79 Å². The van der Waals surface area contributed by atoms with E-state index in [-0.39, 0.29) is 11.7 Å². The van der Waals surface area contributed by atoms with Crippen molar-refractivity contribution >= 4 is 16.9 Å². The minimum atomic E-state index is -0.363. The second-order valence-electron chi connectivity index (χ2n) is 7.73. The third-order valence-corrected chi connectivity index (χ3v) is 5.60. The van der Waals surface area contributed by atoms with E-state index >= 15 is 0 Å². The highest BCUT2D eigenvalue weighted by Crippen LogP contribution is 2.21. The molecule has 164 valence electrons. The highest BCUT2D eigenvalue weighted by atomic mass is 19.1. The lowest BCUT2D eigenvalue weighted by molar-refractivity contribution is 0.0954. The van der Waals surface area contributed by atoms with Gasteiger partial charge in [0.25, 0.3) is 5.91 Å². The van der Waals surface area contributed by atoms with Crippen LogP contribution in [0.5, 0.6) is 5.75 Å². The van der Waals surface area contributed by atoms with Crippen molar-refractivity contribution in [1.29, 1.82) is 0 Å². The summed E-state index contributed by atoms with van der Waals surface area (Å²) in [5.41, 5.74) is 4.73. The van der Waals surface area contributed by atoms with Crippen LogP contribution >= 0.6 is 0 Å². The van der Waals surface area contributed by atoms with Crippen molar-refractivity contribution in [2.75, 3.05) is 13.2 Å². The number of aromatic nitrogens is 2. The Morgan fingerprint density at radius 3 is 2.62 bits per heavy atom. The Kier molecular flexibility index (Phi) is 6.50. The molecule has 0 radical (unpaired) electrons. The van der Waals surface area contributed by atoms with Crippen LogP contribution < -0.4 is 10.1 Å². The standard InChI is InChI=1S/C26H26FN3O2/c1-18-6-5-9-24(19(18)2)32-17-16-30-23-8-4-3-7-22(23)29-25(30)14-15-28-26(31)20-10-12-21(27)13-11-20/h3-13H,14-17H2,1-2H3,(H,28,31). The molecule has 0 fully saturated rings. The molecule has 4 aromatic rings. The summed E-state index contributed by atoms with van der Waals surface area (Å²) in [7, 11) is 0. The maximum absolute atomic E-state index is 13.1. The van der Waals surface area contributed by atoms with Crippen LogP contribution in [-0.4, -0.2) is 28.6 Å². The van der Waals surface area contributed by atoms with Gasteiger partial charge in [0, 0.05) is 18.5 Å². The van der Waals surface area contributed by atoms with E-state index in [2.05, 4.69) is 29.8 Å². The van der Waals surface area contributed by atoms with E-state index in [1.54, 1.807) is 0 Å². The number of aryl methyl sites for hydroxylation is 1. The van der Waals surface area contributed by atoms with E-state index < -0.39 is 0 Å². The Labute approximate surface area is 186 Å². The number of fused-ring (bicyclic) bond motifs is 1. The van der Waals surface area contributed by atoms with Crippen molar-refractivity contribution in [3.8, 4) is 5.75 Å². The molecule has 0 aliphatic carbocycles. The van der Waals surface area contributed by atoms with Crippen LogP contribution in [0.4, 0.5) is 4.39 Å². The number of carbonyl (C=O) groups is 1. The molecule has 1 N–H and O–H groups in total. The molecule has 3 aromatic carbocycles. The molecule has 0 spiro atoms. The van der Waals surface area contributed by atoms with Gasteiger partial charge in [-0.15, -0.1) is 0 Å². The molecule has 0 atom stereocenters. The lowest BCUT2D eigenvalue weighted by atomic mass is 10.1. The van der Waals surface area contributed by atoms with Crippen LogP contribution in [-0.2, 0) is 13.0 Å². The van der Waals surface area contributed by atoms with Gasteiger partial charge in [0.2, 0.25) is 0 Å². The Morgan fingerprint density at radius 2 is 1.81 bits per heavy atom. The molecule has 0 saturated heterocycles. The Balaban J connectivity index is 1.43. The molecule has 0 bridgehead atoms. The predicted molar refractivity (Wildman–Crippen MR) is 124 cm³/mol. The number of para-hydroxylation sites is 2. The Morgan fingerprint density at radius 1 is 1.03 bits per heavy atom. The number of ether oxygens (including phenoxy) is 1. The molecule has 4 rings (SSSR count). The minimum Gasteiger partial charge on any atom is -0.491 e. The average Bonchev–Trinajstić information content (AvgIpc) is 3.14. The zero-order valence-corrected chi connectivity index (χ0v) is 18.3. The van der Waals surface area contributed by atoms with Crippen LogP contribution in [0.2, 0.25) is 0 Å². The summed E-state index contributed by atoms with van der Waals surface area (Å²) in [5.74, 6) is 1.18. The number of benzene rings is 3. The smallest absolute Gasteiger partial charge is 0.251 e. The van der Waals surface area contributed by atoms with Gasteiger partial charge >= 0.3 is 0 Å². The molecular formula is C26H26FN3O2. The second kappa shape index (κ2) is 9.64.